The highest BCUT2D eigenvalue weighted by Gasteiger charge is 2.41. The molecule has 19 heavy (non-hydrogen) atoms. The predicted molar refractivity (Wildman–Crippen MR) is 81.0 cm³/mol. The second-order valence-electron chi connectivity index (χ2n) is 7.62. The van der Waals surface area contributed by atoms with Crippen molar-refractivity contribution < 1.29 is 0 Å². The Hall–Kier alpha value is -0.800. The zero-order valence-corrected chi connectivity index (χ0v) is 13.2. The van der Waals surface area contributed by atoms with Gasteiger partial charge in [-0.2, -0.15) is 0 Å². The van der Waals surface area contributed by atoms with E-state index >= 15 is 0 Å². The van der Waals surface area contributed by atoms with Crippen molar-refractivity contribution in [3.63, 3.8) is 0 Å². The molecule has 0 aromatic carbocycles. The zero-order chi connectivity index (χ0) is 14.3. The van der Waals surface area contributed by atoms with Gasteiger partial charge in [-0.1, -0.05) is 47.6 Å². The summed E-state index contributed by atoms with van der Waals surface area (Å²) in [6.45, 7) is 14.1. The predicted octanol–water partition coefficient (Wildman–Crippen LogP) is 3.23. The number of nitrogens with zero attached hydrogens (tertiary/aromatic N) is 1. The Morgan fingerprint density at radius 1 is 1.16 bits per heavy atom. The average molecular weight is 263 g/mol. The molecule has 0 aromatic rings. The van der Waals surface area contributed by atoms with Gasteiger partial charge in [-0.15, -0.1) is 0 Å². The van der Waals surface area contributed by atoms with Gasteiger partial charge >= 0.3 is 0 Å². The fourth-order valence-electron chi connectivity index (χ4n) is 2.99. The number of hydrazine groups is 1. The van der Waals surface area contributed by atoms with Crippen molar-refractivity contribution in [2.24, 2.45) is 16.7 Å². The molecule has 2 N–H and O–H groups in total. The van der Waals surface area contributed by atoms with E-state index in [9.17, 15) is 0 Å². The number of nitrogens with one attached hydrogen (secondary N) is 2. The molecule has 2 atom stereocenters. The fraction of sp³-hybridized carbons (Fsp3) is 0.750. The zero-order valence-electron chi connectivity index (χ0n) is 13.2. The number of hydrogen-bond donors (Lipinski definition) is 2. The Labute approximate surface area is 118 Å². The second-order valence-corrected chi connectivity index (χ2v) is 7.62. The minimum absolute atomic E-state index is 0.201. The number of allylic oxidation sites excluding steroid dienone is 2. The first-order valence-electron chi connectivity index (χ1n) is 7.38. The first-order chi connectivity index (χ1) is 8.72. The van der Waals surface area contributed by atoms with Crippen LogP contribution >= 0.6 is 0 Å². The van der Waals surface area contributed by atoms with Crippen LogP contribution < -0.4 is 10.7 Å². The summed E-state index contributed by atoms with van der Waals surface area (Å²) in [5, 5.41) is 5.83. The van der Waals surface area contributed by atoms with Gasteiger partial charge in [0, 0.05) is 6.20 Å². The molecule has 3 nitrogen and oxygen atoms in total. The van der Waals surface area contributed by atoms with E-state index in [-0.39, 0.29) is 11.6 Å². The lowest BCUT2D eigenvalue weighted by molar-refractivity contribution is 0.0946. The molecule has 0 spiro atoms. The standard InChI is InChI=1S/C16H29N3/c1-12(2)15(3,4)11-16(5,6)14-17-13-9-7-8-10-19(13)18-14/h7-10,12-14,17-18H,11H2,1-6H3. The maximum atomic E-state index is 3.67. The molecule has 0 amide bonds. The smallest absolute Gasteiger partial charge is 0.115 e. The molecular formula is C16H29N3. The van der Waals surface area contributed by atoms with Gasteiger partial charge in [-0.05, 0) is 35.3 Å². The molecule has 3 heteroatoms. The molecule has 2 rings (SSSR count). The van der Waals surface area contributed by atoms with Gasteiger partial charge < -0.3 is 0 Å². The van der Waals surface area contributed by atoms with E-state index in [1.54, 1.807) is 0 Å². The van der Waals surface area contributed by atoms with E-state index in [1.165, 1.54) is 6.42 Å². The Balaban J connectivity index is 2.05. The average Bonchev–Trinajstić information content (AvgIpc) is 2.71. The molecule has 0 saturated carbocycles. The van der Waals surface area contributed by atoms with E-state index in [0.717, 1.165) is 0 Å². The normalized spacial score (nSPS) is 27.2. The van der Waals surface area contributed by atoms with Crippen LogP contribution in [-0.4, -0.2) is 17.3 Å². The van der Waals surface area contributed by atoms with Crippen molar-refractivity contribution in [3.05, 3.63) is 24.4 Å². The van der Waals surface area contributed by atoms with Crippen LogP contribution in [0.4, 0.5) is 0 Å². The lowest BCUT2D eigenvalue weighted by Crippen LogP contribution is -2.48. The van der Waals surface area contributed by atoms with Gasteiger partial charge in [0.05, 0.1) is 6.17 Å². The van der Waals surface area contributed by atoms with Gasteiger partial charge in [0.25, 0.3) is 0 Å². The highest BCUT2D eigenvalue weighted by atomic mass is 15.6. The highest BCUT2D eigenvalue weighted by Crippen LogP contribution is 2.41. The minimum atomic E-state index is 0.201. The maximum Gasteiger partial charge on any atom is 0.115 e. The number of rotatable bonds is 4. The molecule has 1 fully saturated rings. The van der Waals surface area contributed by atoms with Gasteiger partial charge in [-0.25, -0.2) is 5.43 Å². The maximum absolute atomic E-state index is 3.67. The number of hydrogen-bond acceptors (Lipinski definition) is 3. The van der Waals surface area contributed by atoms with Gasteiger partial charge in [0.1, 0.15) is 6.17 Å². The summed E-state index contributed by atoms with van der Waals surface area (Å²) in [5.41, 5.74) is 4.13. The largest absolute Gasteiger partial charge is 0.293 e. The summed E-state index contributed by atoms with van der Waals surface area (Å²) >= 11 is 0. The van der Waals surface area contributed by atoms with Crippen LogP contribution in [-0.2, 0) is 0 Å². The molecule has 0 aliphatic carbocycles. The van der Waals surface area contributed by atoms with Crippen LogP contribution in [0, 0.1) is 16.7 Å². The van der Waals surface area contributed by atoms with Crippen molar-refractivity contribution in [2.45, 2.75) is 60.3 Å². The summed E-state index contributed by atoms with van der Waals surface area (Å²) in [4.78, 5) is 0. The topological polar surface area (TPSA) is 27.3 Å². The Kier molecular flexibility index (Phi) is 3.80. The Morgan fingerprint density at radius 3 is 2.42 bits per heavy atom. The Morgan fingerprint density at radius 2 is 1.84 bits per heavy atom. The summed E-state index contributed by atoms with van der Waals surface area (Å²) in [5.74, 6) is 0.690. The first kappa shape index (κ1) is 14.6. The molecule has 108 valence electrons. The van der Waals surface area contributed by atoms with Crippen LogP contribution in [0.2, 0.25) is 0 Å². The quantitative estimate of drug-likeness (QED) is 0.815. The third kappa shape index (κ3) is 3.03. The molecule has 1 saturated heterocycles. The molecular weight excluding hydrogens is 234 g/mol. The van der Waals surface area contributed by atoms with Gasteiger partial charge in [-0.3, -0.25) is 10.3 Å². The molecule has 2 heterocycles. The summed E-state index contributed by atoms with van der Waals surface area (Å²) in [6.07, 6.45) is 10.2. The summed E-state index contributed by atoms with van der Waals surface area (Å²) in [6, 6.07) is 0. The molecule has 2 unspecified atom stereocenters. The van der Waals surface area contributed by atoms with Crippen molar-refractivity contribution in [3.8, 4) is 0 Å². The van der Waals surface area contributed by atoms with Crippen molar-refractivity contribution in [2.75, 3.05) is 0 Å². The lowest BCUT2D eigenvalue weighted by atomic mass is 9.68. The third-order valence-corrected chi connectivity index (χ3v) is 4.82. The minimum Gasteiger partial charge on any atom is -0.293 e. The Bertz CT molecular complexity index is 359. The van der Waals surface area contributed by atoms with Crippen LogP contribution in [0.15, 0.2) is 24.4 Å². The molecule has 2 aliphatic rings. The molecule has 0 aromatic heterocycles. The van der Waals surface area contributed by atoms with E-state index in [2.05, 4.69) is 81.7 Å². The summed E-state index contributed by atoms with van der Waals surface area (Å²) < 4.78 is 0. The molecule has 2 aliphatic heterocycles. The van der Waals surface area contributed by atoms with Crippen molar-refractivity contribution in [1.82, 2.24) is 15.8 Å². The monoisotopic (exact) mass is 263 g/mol. The molecule has 0 bridgehead atoms. The van der Waals surface area contributed by atoms with Crippen LogP contribution in [0.25, 0.3) is 0 Å². The fourth-order valence-corrected chi connectivity index (χ4v) is 2.99. The van der Waals surface area contributed by atoms with Gasteiger partial charge in [0.15, 0.2) is 0 Å². The van der Waals surface area contributed by atoms with Crippen LogP contribution in [0.3, 0.4) is 0 Å². The van der Waals surface area contributed by atoms with Crippen LogP contribution in [0.5, 0.6) is 0 Å². The van der Waals surface area contributed by atoms with E-state index in [1.807, 2.05) is 0 Å². The third-order valence-electron chi connectivity index (χ3n) is 4.82. The van der Waals surface area contributed by atoms with Crippen molar-refractivity contribution in [1.29, 1.82) is 0 Å². The molecule has 0 radical (unpaired) electrons. The summed E-state index contributed by atoms with van der Waals surface area (Å²) in [7, 11) is 0. The SMILES string of the molecule is CC(C)C(C)(C)CC(C)(C)C1NC2C=CC=CN2N1. The van der Waals surface area contributed by atoms with Crippen molar-refractivity contribution >= 4 is 0 Å². The lowest BCUT2D eigenvalue weighted by Gasteiger charge is -2.41. The van der Waals surface area contributed by atoms with E-state index in [4.69, 9.17) is 0 Å². The highest BCUT2D eigenvalue weighted by molar-refractivity contribution is 5.14. The first-order valence-corrected chi connectivity index (χ1v) is 7.38. The van der Waals surface area contributed by atoms with Gasteiger partial charge in [0.2, 0.25) is 0 Å². The second kappa shape index (κ2) is 4.95. The van der Waals surface area contributed by atoms with Crippen LogP contribution in [0.1, 0.15) is 48.0 Å². The van der Waals surface area contributed by atoms with E-state index in [0.29, 0.717) is 17.5 Å². The van der Waals surface area contributed by atoms with E-state index < -0.39 is 0 Å². The number of fused-ring (bicyclic) bond motifs is 1.